The normalized spacial score (nSPS) is 36.4. The van der Waals surface area contributed by atoms with Gasteiger partial charge in [-0.2, -0.15) is 0 Å². The molecule has 0 aromatic heterocycles. The SMILES string of the molecule is COc1ccc(C2C3C(=O)CC(C)(C)CC3OC3CC(C)(C)CC(=O)C32)cc1. The monoisotopic (exact) mass is 384 g/mol. The molecule has 0 amide bonds. The maximum absolute atomic E-state index is 13.2. The molecule has 0 spiro atoms. The van der Waals surface area contributed by atoms with Gasteiger partial charge in [0.2, 0.25) is 0 Å². The number of fused-ring (bicyclic) bond motifs is 2. The van der Waals surface area contributed by atoms with Crippen molar-refractivity contribution in [2.45, 2.75) is 71.5 Å². The zero-order chi connectivity index (χ0) is 20.3. The van der Waals surface area contributed by atoms with Crippen molar-refractivity contribution in [3.05, 3.63) is 29.8 Å². The van der Waals surface area contributed by atoms with E-state index >= 15 is 0 Å². The molecule has 28 heavy (non-hydrogen) atoms. The first-order valence-electron chi connectivity index (χ1n) is 10.5. The summed E-state index contributed by atoms with van der Waals surface area (Å²) in [5.41, 5.74) is 0.961. The molecule has 1 aromatic carbocycles. The minimum Gasteiger partial charge on any atom is -0.497 e. The Hall–Kier alpha value is -1.68. The van der Waals surface area contributed by atoms with Gasteiger partial charge in [0, 0.05) is 18.8 Å². The van der Waals surface area contributed by atoms with Crippen LogP contribution in [0.1, 0.15) is 64.9 Å². The van der Waals surface area contributed by atoms with Crippen LogP contribution in [0.4, 0.5) is 0 Å². The van der Waals surface area contributed by atoms with Gasteiger partial charge in [-0.25, -0.2) is 0 Å². The van der Waals surface area contributed by atoms with Crippen molar-refractivity contribution < 1.29 is 19.1 Å². The predicted molar refractivity (Wildman–Crippen MR) is 107 cm³/mol. The van der Waals surface area contributed by atoms with Crippen LogP contribution in [0, 0.1) is 22.7 Å². The second-order valence-electron chi connectivity index (χ2n) is 10.6. The predicted octanol–water partition coefficient (Wildman–Crippen LogP) is 4.56. The molecule has 3 fully saturated rings. The number of hydrogen-bond donors (Lipinski definition) is 0. The first-order valence-corrected chi connectivity index (χ1v) is 10.5. The Morgan fingerprint density at radius 2 is 1.29 bits per heavy atom. The summed E-state index contributed by atoms with van der Waals surface area (Å²) in [6.45, 7) is 8.59. The van der Waals surface area contributed by atoms with E-state index in [1.54, 1.807) is 7.11 Å². The number of rotatable bonds is 2. The van der Waals surface area contributed by atoms with Gasteiger partial charge in [-0.15, -0.1) is 0 Å². The fraction of sp³-hybridized carbons (Fsp3) is 0.667. The third-order valence-electron chi connectivity index (χ3n) is 6.98. The molecule has 4 nitrogen and oxygen atoms in total. The highest BCUT2D eigenvalue weighted by Gasteiger charge is 2.57. The van der Waals surface area contributed by atoms with E-state index in [1.165, 1.54) is 0 Å². The largest absolute Gasteiger partial charge is 0.497 e. The van der Waals surface area contributed by atoms with E-state index in [2.05, 4.69) is 27.7 Å². The number of methoxy groups -OCH3 is 1. The highest BCUT2D eigenvalue weighted by Crippen LogP contribution is 2.54. The summed E-state index contributed by atoms with van der Waals surface area (Å²) in [6, 6.07) is 7.93. The van der Waals surface area contributed by atoms with E-state index in [-0.39, 0.29) is 52.4 Å². The lowest BCUT2D eigenvalue weighted by Crippen LogP contribution is -2.58. The van der Waals surface area contributed by atoms with Crippen LogP contribution in [0.2, 0.25) is 0 Å². The molecule has 4 atom stereocenters. The Kier molecular flexibility index (Phi) is 4.69. The number of ether oxygens (including phenoxy) is 2. The smallest absolute Gasteiger partial charge is 0.139 e. The van der Waals surface area contributed by atoms with E-state index < -0.39 is 0 Å². The van der Waals surface area contributed by atoms with Gasteiger partial charge < -0.3 is 9.47 Å². The van der Waals surface area contributed by atoms with E-state index in [0.29, 0.717) is 12.8 Å². The summed E-state index contributed by atoms with van der Waals surface area (Å²) in [6.07, 6.45) is 2.64. The minimum atomic E-state index is -0.229. The van der Waals surface area contributed by atoms with Gasteiger partial charge in [0.1, 0.15) is 17.3 Å². The lowest BCUT2D eigenvalue weighted by Gasteiger charge is -2.54. The fourth-order valence-electron chi connectivity index (χ4n) is 5.90. The van der Waals surface area contributed by atoms with E-state index in [9.17, 15) is 9.59 Å². The van der Waals surface area contributed by atoms with Gasteiger partial charge >= 0.3 is 0 Å². The van der Waals surface area contributed by atoms with Crippen LogP contribution in [0.5, 0.6) is 5.75 Å². The van der Waals surface area contributed by atoms with Crippen molar-refractivity contribution in [2.75, 3.05) is 7.11 Å². The Morgan fingerprint density at radius 3 is 1.71 bits per heavy atom. The third-order valence-corrected chi connectivity index (χ3v) is 6.98. The van der Waals surface area contributed by atoms with Crippen LogP contribution < -0.4 is 4.74 Å². The van der Waals surface area contributed by atoms with E-state index in [1.807, 2.05) is 24.3 Å². The summed E-state index contributed by atoms with van der Waals surface area (Å²) in [7, 11) is 1.65. The molecule has 1 aromatic rings. The van der Waals surface area contributed by atoms with Crippen molar-refractivity contribution in [1.82, 2.24) is 0 Å². The van der Waals surface area contributed by atoms with Crippen LogP contribution in [-0.4, -0.2) is 30.9 Å². The maximum Gasteiger partial charge on any atom is 0.139 e. The summed E-state index contributed by atoms with van der Waals surface area (Å²) >= 11 is 0. The summed E-state index contributed by atoms with van der Waals surface area (Å²) in [5.74, 6) is 0.731. The summed E-state index contributed by atoms with van der Waals surface area (Å²) in [4.78, 5) is 26.5. The van der Waals surface area contributed by atoms with Gasteiger partial charge in [0.15, 0.2) is 0 Å². The average molecular weight is 385 g/mol. The molecule has 4 rings (SSSR count). The second-order valence-corrected chi connectivity index (χ2v) is 10.6. The molecular formula is C24H32O4. The van der Waals surface area contributed by atoms with Crippen LogP contribution in [0.15, 0.2) is 24.3 Å². The highest BCUT2D eigenvalue weighted by atomic mass is 16.5. The van der Waals surface area contributed by atoms with Gasteiger partial charge in [-0.05, 0) is 41.4 Å². The number of benzene rings is 1. The number of hydrogen-bond acceptors (Lipinski definition) is 4. The Labute approximate surface area is 168 Å². The van der Waals surface area contributed by atoms with Crippen LogP contribution in [0.25, 0.3) is 0 Å². The molecule has 2 saturated carbocycles. The van der Waals surface area contributed by atoms with Crippen molar-refractivity contribution in [3.8, 4) is 5.75 Å². The van der Waals surface area contributed by atoms with Crippen molar-refractivity contribution >= 4 is 11.6 Å². The number of Topliss-reactive ketones (excluding diaryl/α,β-unsaturated/α-hetero) is 2. The highest BCUT2D eigenvalue weighted by molar-refractivity contribution is 5.89. The van der Waals surface area contributed by atoms with Crippen LogP contribution in [-0.2, 0) is 14.3 Å². The van der Waals surface area contributed by atoms with Gasteiger partial charge in [-0.1, -0.05) is 39.8 Å². The molecule has 4 heteroatoms. The standard InChI is InChI=1S/C24H32O4/c1-23(2)10-16(25)21-18(12-23)28-19-13-24(3,4)11-17(26)22(19)20(21)14-6-8-15(27-5)9-7-14/h6-9,18-22H,10-13H2,1-5H3. The van der Waals surface area contributed by atoms with Gasteiger partial charge in [0.05, 0.1) is 31.2 Å². The van der Waals surface area contributed by atoms with Crippen LogP contribution >= 0.6 is 0 Å². The first-order chi connectivity index (χ1) is 13.1. The van der Waals surface area contributed by atoms with E-state index in [0.717, 1.165) is 24.2 Å². The molecule has 1 aliphatic heterocycles. The Bertz CT molecular complexity index is 734. The Balaban J connectivity index is 1.78. The quantitative estimate of drug-likeness (QED) is 0.750. The fourth-order valence-corrected chi connectivity index (χ4v) is 5.90. The van der Waals surface area contributed by atoms with Crippen molar-refractivity contribution in [1.29, 1.82) is 0 Å². The molecule has 0 radical (unpaired) electrons. The lowest BCUT2D eigenvalue weighted by molar-refractivity contribution is -0.186. The minimum absolute atomic E-state index is 0.0518. The lowest BCUT2D eigenvalue weighted by atomic mass is 9.56. The molecule has 1 heterocycles. The molecule has 2 aliphatic carbocycles. The van der Waals surface area contributed by atoms with Crippen molar-refractivity contribution in [2.24, 2.45) is 22.7 Å². The van der Waals surface area contributed by atoms with E-state index in [4.69, 9.17) is 9.47 Å². The second kappa shape index (κ2) is 6.69. The molecule has 1 saturated heterocycles. The van der Waals surface area contributed by atoms with Gasteiger partial charge in [0.25, 0.3) is 0 Å². The first kappa shape index (κ1) is 19.6. The third kappa shape index (κ3) is 3.41. The average Bonchev–Trinajstić information content (AvgIpc) is 2.57. The summed E-state index contributed by atoms with van der Waals surface area (Å²) < 4.78 is 11.8. The molecule has 0 N–H and O–H groups in total. The number of ketones is 2. The number of carbonyl (C=O) groups is 2. The molecule has 152 valence electrons. The molecular weight excluding hydrogens is 352 g/mol. The van der Waals surface area contributed by atoms with Crippen LogP contribution in [0.3, 0.4) is 0 Å². The summed E-state index contributed by atoms with van der Waals surface area (Å²) in [5, 5.41) is 0. The Morgan fingerprint density at radius 1 is 0.821 bits per heavy atom. The number of carbonyl (C=O) groups excluding carboxylic acids is 2. The molecule has 3 aliphatic rings. The zero-order valence-corrected chi connectivity index (χ0v) is 17.7. The molecule has 4 unspecified atom stereocenters. The molecule has 0 bridgehead atoms. The zero-order valence-electron chi connectivity index (χ0n) is 17.7. The van der Waals surface area contributed by atoms with Crippen molar-refractivity contribution in [3.63, 3.8) is 0 Å². The maximum atomic E-state index is 13.2. The van der Waals surface area contributed by atoms with Gasteiger partial charge in [-0.3, -0.25) is 9.59 Å². The topological polar surface area (TPSA) is 52.6 Å².